The fourth-order valence-corrected chi connectivity index (χ4v) is 2.25. The Bertz CT molecular complexity index is 169. The molecule has 0 aliphatic heterocycles. The van der Waals surface area contributed by atoms with Crippen LogP contribution in [0.15, 0.2) is 12.3 Å². The second-order valence-corrected chi connectivity index (χ2v) is 3.56. The standard InChI is InChI=1S/C4H7IN3P/c5-9-8-4(3-6)1-2-7-8/h1-2,9H,3,6H2. The first-order chi connectivity index (χ1) is 4.38. The van der Waals surface area contributed by atoms with Crippen LogP contribution in [0.4, 0.5) is 0 Å². The molecule has 2 N–H and O–H groups in total. The molecular formula is C4H7IN3P. The highest BCUT2D eigenvalue weighted by molar-refractivity contribution is 14.2. The summed E-state index contributed by atoms with van der Waals surface area (Å²) in [6, 6.07) is 1.94. The summed E-state index contributed by atoms with van der Waals surface area (Å²) in [7, 11) is 0. The molecule has 50 valence electrons. The average Bonchev–Trinajstić information content (AvgIpc) is 2.33. The summed E-state index contributed by atoms with van der Waals surface area (Å²) in [6.45, 7) is 0.579. The van der Waals surface area contributed by atoms with Crippen molar-refractivity contribution >= 4 is 28.4 Å². The van der Waals surface area contributed by atoms with E-state index in [2.05, 4.69) is 27.1 Å². The van der Waals surface area contributed by atoms with Crippen LogP contribution in [0.3, 0.4) is 0 Å². The molecule has 0 aliphatic carbocycles. The van der Waals surface area contributed by atoms with E-state index in [1.807, 2.05) is 10.5 Å². The zero-order chi connectivity index (χ0) is 6.69. The van der Waals surface area contributed by atoms with Crippen molar-refractivity contribution in [1.82, 2.24) is 9.55 Å². The fraction of sp³-hybridized carbons (Fsp3) is 0.250. The number of halogens is 1. The SMILES string of the molecule is NCc1ccnn1PI. The van der Waals surface area contributed by atoms with Gasteiger partial charge in [-0.3, -0.25) is 0 Å². The van der Waals surface area contributed by atoms with Crippen LogP contribution in [0.25, 0.3) is 0 Å². The summed E-state index contributed by atoms with van der Waals surface area (Å²) >= 11 is 2.27. The number of rotatable bonds is 2. The largest absolute Gasteiger partial charge is 0.325 e. The molecule has 0 spiro atoms. The minimum atomic E-state index is 0.579. The van der Waals surface area contributed by atoms with Crippen molar-refractivity contribution in [2.45, 2.75) is 6.54 Å². The first-order valence-corrected chi connectivity index (χ1v) is 6.54. The minimum Gasteiger partial charge on any atom is -0.325 e. The summed E-state index contributed by atoms with van der Waals surface area (Å²) in [5.74, 6) is 0. The highest BCUT2D eigenvalue weighted by Crippen LogP contribution is 2.23. The van der Waals surface area contributed by atoms with Crippen LogP contribution in [-0.2, 0) is 6.54 Å². The van der Waals surface area contributed by atoms with Crippen molar-refractivity contribution in [3.05, 3.63) is 18.0 Å². The Hall–Kier alpha value is 0.330. The second-order valence-electron chi connectivity index (χ2n) is 1.52. The molecule has 1 unspecified atom stereocenters. The molecule has 1 rings (SSSR count). The van der Waals surface area contributed by atoms with E-state index in [0.717, 1.165) is 5.69 Å². The van der Waals surface area contributed by atoms with Crippen LogP contribution in [0.1, 0.15) is 5.69 Å². The Morgan fingerprint density at radius 3 is 3.11 bits per heavy atom. The highest BCUT2D eigenvalue weighted by Gasteiger charge is 1.95. The fourth-order valence-electron chi connectivity index (χ4n) is 0.561. The number of hydrogen-bond donors (Lipinski definition) is 1. The van der Waals surface area contributed by atoms with Crippen LogP contribution in [0, 0.1) is 0 Å². The zero-order valence-corrected chi connectivity index (χ0v) is 7.87. The van der Waals surface area contributed by atoms with Crippen molar-refractivity contribution in [3.63, 3.8) is 0 Å². The third-order valence-electron chi connectivity index (χ3n) is 1.01. The van der Waals surface area contributed by atoms with E-state index in [0.29, 0.717) is 12.9 Å². The van der Waals surface area contributed by atoms with Gasteiger partial charge in [0.2, 0.25) is 0 Å². The van der Waals surface area contributed by atoms with Crippen molar-refractivity contribution in [3.8, 4) is 0 Å². The van der Waals surface area contributed by atoms with Gasteiger partial charge in [0.05, 0.1) is 12.1 Å². The molecule has 0 aromatic carbocycles. The maximum Gasteiger partial charge on any atom is 0.0681 e. The van der Waals surface area contributed by atoms with Crippen molar-refractivity contribution < 1.29 is 0 Å². The van der Waals surface area contributed by atoms with E-state index in [1.165, 1.54) is 0 Å². The summed E-state index contributed by atoms with van der Waals surface area (Å²) < 4.78 is 1.90. The van der Waals surface area contributed by atoms with E-state index in [-0.39, 0.29) is 0 Å². The Kier molecular flexibility index (Phi) is 2.88. The maximum absolute atomic E-state index is 5.41. The average molecular weight is 255 g/mol. The molecule has 0 saturated heterocycles. The minimum absolute atomic E-state index is 0.579. The number of nitrogens with two attached hydrogens (primary N) is 1. The lowest BCUT2D eigenvalue weighted by Crippen LogP contribution is -2.00. The first-order valence-electron chi connectivity index (χ1n) is 2.48. The third kappa shape index (κ3) is 1.63. The van der Waals surface area contributed by atoms with E-state index >= 15 is 0 Å². The van der Waals surface area contributed by atoms with Gasteiger partial charge in [-0.1, -0.05) is 0 Å². The summed E-state index contributed by atoms with van der Waals surface area (Å²) in [4.78, 5) is 0. The smallest absolute Gasteiger partial charge is 0.0681 e. The lowest BCUT2D eigenvalue weighted by Gasteiger charge is -1.97. The zero-order valence-electron chi connectivity index (χ0n) is 4.71. The number of nitrogens with zero attached hydrogens (tertiary/aromatic N) is 2. The molecule has 0 fully saturated rings. The number of aromatic nitrogens is 2. The summed E-state index contributed by atoms with van der Waals surface area (Å²) in [6.07, 6.45) is 2.43. The third-order valence-corrected chi connectivity index (χ3v) is 2.94. The van der Waals surface area contributed by atoms with Gasteiger partial charge in [-0.15, -0.1) is 0 Å². The van der Waals surface area contributed by atoms with Crippen LogP contribution in [0.5, 0.6) is 0 Å². The molecule has 0 bridgehead atoms. The molecule has 0 saturated carbocycles. The van der Waals surface area contributed by atoms with Gasteiger partial charge in [0.1, 0.15) is 0 Å². The predicted octanol–water partition coefficient (Wildman–Crippen LogP) is 1.13. The lowest BCUT2D eigenvalue weighted by molar-refractivity contribution is 0.896. The van der Waals surface area contributed by atoms with Gasteiger partial charge in [-0.25, -0.2) is 4.45 Å². The summed E-state index contributed by atoms with van der Waals surface area (Å²) in [5, 5.41) is 4.05. The van der Waals surface area contributed by atoms with Gasteiger partial charge in [-0.05, 0) is 28.1 Å². The van der Waals surface area contributed by atoms with E-state index < -0.39 is 0 Å². The molecular weight excluding hydrogens is 248 g/mol. The molecule has 0 radical (unpaired) electrons. The van der Waals surface area contributed by atoms with Crippen LogP contribution >= 0.6 is 28.4 Å². The van der Waals surface area contributed by atoms with Gasteiger partial charge < -0.3 is 5.73 Å². The molecule has 1 heterocycles. The molecule has 1 aromatic rings. The van der Waals surface area contributed by atoms with Crippen molar-refractivity contribution in [2.75, 3.05) is 0 Å². The van der Waals surface area contributed by atoms with Crippen LogP contribution < -0.4 is 5.73 Å². The molecule has 3 nitrogen and oxygen atoms in total. The molecule has 5 heteroatoms. The molecule has 9 heavy (non-hydrogen) atoms. The van der Waals surface area contributed by atoms with Crippen LogP contribution in [-0.4, -0.2) is 9.55 Å². The van der Waals surface area contributed by atoms with E-state index in [1.54, 1.807) is 6.20 Å². The van der Waals surface area contributed by atoms with Crippen LogP contribution in [0.2, 0.25) is 0 Å². The molecule has 1 atom stereocenters. The maximum atomic E-state index is 5.41. The number of hydrogen-bond acceptors (Lipinski definition) is 2. The second kappa shape index (κ2) is 3.49. The Labute approximate surface area is 68.3 Å². The topological polar surface area (TPSA) is 43.8 Å². The Balaban J connectivity index is 2.85. The quantitative estimate of drug-likeness (QED) is 0.636. The van der Waals surface area contributed by atoms with Gasteiger partial charge in [-0.2, -0.15) is 5.10 Å². The van der Waals surface area contributed by atoms with Crippen molar-refractivity contribution in [1.29, 1.82) is 0 Å². The Morgan fingerprint density at radius 2 is 2.67 bits per heavy atom. The summed E-state index contributed by atoms with van der Waals surface area (Å²) in [5.41, 5.74) is 6.51. The van der Waals surface area contributed by atoms with Gasteiger partial charge in [0.25, 0.3) is 0 Å². The predicted molar refractivity (Wildman–Crippen MR) is 47.9 cm³/mol. The lowest BCUT2D eigenvalue weighted by atomic mass is 10.4. The molecule has 0 amide bonds. The monoisotopic (exact) mass is 255 g/mol. The van der Waals surface area contributed by atoms with Gasteiger partial charge in [0, 0.05) is 12.7 Å². The Morgan fingerprint density at radius 1 is 1.89 bits per heavy atom. The normalized spacial score (nSPS) is 11.3. The van der Waals surface area contributed by atoms with Gasteiger partial charge in [0.15, 0.2) is 0 Å². The van der Waals surface area contributed by atoms with Crippen molar-refractivity contribution in [2.24, 2.45) is 5.73 Å². The first kappa shape index (κ1) is 7.44. The highest BCUT2D eigenvalue weighted by atomic mass is 127. The molecule has 1 aromatic heterocycles. The van der Waals surface area contributed by atoms with Gasteiger partial charge >= 0.3 is 0 Å². The van der Waals surface area contributed by atoms with E-state index in [4.69, 9.17) is 5.73 Å². The van der Waals surface area contributed by atoms with E-state index in [9.17, 15) is 0 Å². The molecule has 0 aliphatic rings.